The molecule has 6 heteroatoms. The lowest BCUT2D eigenvalue weighted by molar-refractivity contribution is -0.00817. The lowest BCUT2D eigenvalue weighted by atomic mass is 10.0. The van der Waals surface area contributed by atoms with Crippen LogP contribution >= 0.6 is 0 Å². The molecule has 0 bridgehead atoms. The number of aryl methyl sites for hydroxylation is 1. The van der Waals surface area contributed by atoms with Gasteiger partial charge in [-0.05, 0) is 31.2 Å². The molecule has 29 heavy (non-hydrogen) atoms. The summed E-state index contributed by atoms with van der Waals surface area (Å²) in [6, 6.07) is 14.8. The second-order valence-corrected chi connectivity index (χ2v) is 6.63. The average molecular weight is 391 g/mol. The first-order valence-corrected chi connectivity index (χ1v) is 9.29. The number of aromatic nitrogens is 1. The van der Waals surface area contributed by atoms with Crippen molar-refractivity contribution in [3.63, 3.8) is 0 Å². The maximum atomic E-state index is 13.1. The van der Waals surface area contributed by atoms with Crippen molar-refractivity contribution >= 4 is 21.9 Å². The van der Waals surface area contributed by atoms with Crippen molar-refractivity contribution in [1.82, 2.24) is 4.98 Å². The highest BCUT2D eigenvalue weighted by molar-refractivity contribution is 5.90. The number of hydrogen-bond donors (Lipinski definition) is 0. The van der Waals surface area contributed by atoms with Gasteiger partial charge in [-0.3, -0.25) is 9.78 Å². The first-order valence-electron chi connectivity index (χ1n) is 9.29. The second-order valence-electron chi connectivity index (χ2n) is 6.63. The van der Waals surface area contributed by atoms with Gasteiger partial charge in [0.1, 0.15) is 17.6 Å². The van der Waals surface area contributed by atoms with E-state index in [4.69, 9.17) is 18.6 Å². The van der Waals surface area contributed by atoms with E-state index in [0.29, 0.717) is 41.1 Å². The summed E-state index contributed by atoms with van der Waals surface area (Å²) in [6.07, 6.45) is 1.48. The van der Waals surface area contributed by atoms with Crippen molar-refractivity contribution in [3.8, 4) is 16.9 Å². The molecule has 0 unspecified atom stereocenters. The number of methoxy groups -OCH3 is 1. The minimum atomic E-state index is -0.114. The summed E-state index contributed by atoms with van der Waals surface area (Å²) in [5.74, 6) is 0.510. The molecule has 0 saturated carbocycles. The lowest BCUT2D eigenvalue weighted by Crippen LogP contribution is -2.10. The van der Waals surface area contributed by atoms with Crippen molar-refractivity contribution in [2.75, 3.05) is 27.1 Å². The quantitative estimate of drug-likeness (QED) is 0.345. The highest BCUT2D eigenvalue weighted by Crippen LogP contribution is 2.33. The molecule has 2 aromatic heterocycles. The summed E-state index contributed by atoms with van der Waals surface area (Å²) in [5.41, 5.74) is 3.18. The third-order valence-electron chi connectivity index (χ3n) is 4.63. The molecule has 6 nitrogen and oxygen atoms in total. The maximum Gasteiger partial charge on any atom is 0.200 e. The number of ether oxygens (including phenoxy) is 3. The van der Waals surface area contributed by atoms with Gasteiger partial charge in [-0.15, -0.1) is 0 Å². The van der Waals surface area contributed by atoms with Crippen LogP contribution in [0.4, 0.5) is 0 Å². The van der Waals surface area contributed by atoms with Crippen LogP contribution in [0.3, 0.4) is 0 Å². The molecule has 0 saturated heterocycles. The Kier molecular flexibility index (Phi) is 5.55. The Balaban J connectivity index is 1.81. The monoisotopic (exact) mass is 391 g/mol. The predicted molar refractivity (Wildman–Crippen MR) is 111 cm³/mol. The SMILES string of the molecule is COCCOCOc1cc2nc(C)ccc2cc1-c1coc2ccccc2c1=O. The molecular weight excluding hydrogens is 370 g/mol. The van der Waals surface area contributed by atoms with Gasteiger partial charge in [0.25, 0.3) is 0 Å². The van der Waals surface area contributed by atoms with Crippen molar-refractivity contribution in [1.29, 1.82) is 0 Å². The average Bonchev–Trinajstić information content (AvgIpc) is 2.74. The molecule has 2 heterocycles. The third-order valence-corrected chi connectivity index (χ3v) is 4.63. The van der Waals surface area contributed by atoms with Gasteiger partial charge in [-0.25, -0.2) is 0 Å². The zero-order valence-electron chi connectivity index (χ0n) is 16.3. The van der Waals surface area contributed by atoms with Gasteiger partial charge < -0.3 is 18.6 Å². The Morgan fingerprint density at radius 3 is 2.76 bits per heavy atom. The van der Waals surface area contributed by atoms with Crippen LogP contribution < -0.4 is 10.2 Å². The van der Waals surface area contributed by atoms with Gasteiger partial charge in [0.2, 0.25) is 5.43 Å². The summed E-state index contributed by atoms with van der Waals surface area (Å²) in [7, 11) is 1.61. The van der Waals surface area contributed by atoms with Crippen molar-refractivity contribution in [2.45, 2.75) is 6.92 Å². The van der Waals surface area contributed by atoms with Crippen molar-refractivity contribution in [2.24, 2.45) is 0 Å². The Morgan fingerprint density at radius 2 is 1.90 bits per heavy atom. The topological polar surface area (TPSA) is 70.8 Å². The summed E-state index contributed by atoms with van der Waals surface area (Å²) in [4.78, 5) is 17.7. The van der Waals surface area contributed by atoms with Gasteiger partial charge in [0.15, 0.2) is 6.79 Å². The number of benzene rings is 2. The molecule has 0 N–H and O–H groups in total. The molecule has 148 valence electrons. The maximum absolute atomic E-state index is 13.1. The molecule has 0 aliphatic rings. The zero-order valence-corrected chi connectivity index (χ0v) is 16.3. The first kappa shape index (κ1) is 19.1. The third kappa shape index (κ3) is 3.99. The second kappa shape index (κ2) is 8.43. The van der Waals surface area contributed by atoms with E-state index in [0.717, 1.165) is 16.6 Å². The summed E-state index contributed by atoms with van der Waals surface area (Å²) < 4.78 is 22.0. The van der Waals surface area contributed by atoms with Gasteiger partial charge in [-0.2, -0.15) is 0 Å². The smallest absolute Gasteiger partial charge is 0.200 e. The van der Waals surface area contributed by atoms with E-state index in [-0.39, 0.29) is 12.2 Å². The van der Waals surface area contributed by atoms with E-state index in [1.165, 1.54) is 6.26 Å². The van der Waals surface area contributed by atoms with Crippen LogP contribution in [0.25, 0.3) is 33.0 Å². The van der Waals surface area contributed by atoms with Crippen LogP contribution in [0.15, 0.2) is 64.0 Å². The van der Waals surface area contributed by atoms with Gasteiger partial charge in [-0.1, -0.05) is 18.2 Å². The van der Waals surface area contributed by atoms with Crippen LogP contribution in [0, 0.1) is 6.92 Å². The van der Waals surface area contributed by atoms with E-state index in [2.05, 4.69) is 4.98 Å². The fraction of sp³-hybridized carbons (Fsp3) is 0.217. The largest absolute Gasteiger partial charge is 0.467 e. The van der Waals surface area contributed by atoms with Crippen LogP contribution in [-0.2, 0) is 9.47 Å². The van der Waals surface area contributed by atoms with E-state index in [1.807, 2.05) is 43.3 Å². The Bertz CT molecular complexity index is 1210. The molecule has 0 spiro atoms. The predicted octanol–water partition coefficient (Wildman–Crippen LogP) is 4.32. The van der Waals surface area contributed by atoms with Gasteiger partial charge in [0, 0.05) is 29.8 Å². The fourth-order valence-corrected chi connectivity index (χ4v) is 3.15. The highest BCUT2D eigenvalue weighted by atomic mass is 16.7. The molecule has 0 radical (unpaired) electrons. The standard InChI is InChI=1S/C23H21NO5/c1-15-7-8-16-11-18(19-13-28-21-6-4-3-5-17(21)23(19)25)22(12-20(16)24-15)29-14-27-10-9-26-2/h3-8,11-13H,9-10,14H2,1-2H3. The minimum absolute atomic E-state index is 0.0343. The Hall–Kier alpha value is -3.22. The first-order chi connectivity index (χ1) is 14.2. The van der Waals surface area contributed by atoms with E-state index in [9.17, 15) is 4.79 Å². The normalized spacial score (nSPS) is 11.2. The number of nitrogens with zero attached hydrogens (tertiary/aromatic N) is 1. The van der Waals surface area contributed by atoms with E-state index < -0.39 is 0 Å². The van der Waals surface area contributed by atoms with Crippen LogP contribution in [0.1, 0.15) is 5.69 Å². The molecule has 0 fully saturated rings. The van der Waals surface area contributed by atoms with Gasteiger partial charge >= 0.3 is 0 Å². The van der Waals surface area contributed by atoms with E-state index in [1.54, 1.807) is 19.2 Å². The summed E-state index contributed by atoms with van der Waals surface area (Å²) in [6.45, 7) is 2.85. The molecule has 4 rings (SSSR count). The van der Waals surface area contributed by atoms with Crippen LogP contribution in [0.2, 0.25) is 0 Å². The van der Waals surface area contributed by atoms with Crippen LogP contribution in [-0.4, -0.2) is 32.1 Å². The molecule has 2 aromatic carbocycles. The zero-order chi connectivity index (χ0) is 20.2. The number of rotatable bonds is 7. The Labute approximate surface area is 167 Å². The number of para-hydroxylation sites is 1. The number of fused-ring (bicyclic) bond motifs is 2. The Morgan fingerprint density at radius 1 is 1.03 bits per heavy atom. The van der Waals surface area contributed by atoms with Crippen molar-refractivity contribution in [3.05, 3.63) is 70.7 Å². The highest BCUT2D eigenvalue weighted by Gasteiger charge is 2.15. The molecular formula is C23H21NO5. The molecule has 0 atom stereocenters. The molecule has 4 aromatic rings. The lowest BCUT2D eigenvalue weighted by Gasteiger charge is -2.13. The number of pyridine rings is 1. The van der Waals surface area contributed by atoms with E-state index >= 15 is 0 Å². The van der Waals surface area contributed by atoms with Gasteiger partial charge in [0.05, 0.1) is 29.7 Å². The summed E-state index contributed by atoms with van der Waals surface area (Å²) in [5, 5.41) is 1.43. The molecule has 0 aliphatic carbocycles. The number of hydrogen-bond acceptors (Lipinski definition) is 6. The summed E-state index contributed by atoms with van der Waals surface area (Å²) >= 11 is 0. The fourth-order valence-electron chi connectivity index (χ4n) is 3.15. The van der Waals surface area contributed by atoms with Crippen LogP contribution in [0.5, 0.6) is 5.75 Å². The minimum Gasteiger partial charge on any atom is -0.467 e. The van der Waals surface area contributed by atoms with Crippen molar-refractivity contribution < 1.29 is 18.6 Å². The molecule has 0 aliphatic heterocycles. The molecule has 0 amide bonds.